The third-order valence-corrected chi connectivity index (χ3v) is 4.83. The fourth-order valence-electron chi connectivity index (χ4n) is 3.04. The van der Waals surface area contributed by atoms with E-state index in [0.29, 0.717) is 27.5 Å². The Balaban J connectivity index is 1.65. The molecule has 0 aromatic heterocycles. The number of amides is 2. The van der Waals surface area contributed by atoms with Crippen molar-refractivity contribution >= 4 is 34.8 Å². The van der Waals surface area contributed by atoms with Crippen LogP contribution < -0.4 is 15.5 Å². The molecule has 5 nitrogen and oxygen atoms in total. The largest absolute Gasteiger partial charge is 0.326 e. The van der Waals surface area contributed by atoms with Crippen LogP contribution in [-0.4, -0.2) is 25.4 Å². The Hall–Kier alpha value is -3.22. The molecule has 30 heavy (non-hydrogen) atoms. The van der Waals surface area contributed by atoms with E-state index in [-0.39, 0.29) is 24.9 Å². The molecule has 1 atom stereocenters. The van der Waals surface area contributed by atoms with Gasteiger partial charge in [0, 0.05) is 5.69 Å². The summed E-state index contributed by atoms with van der Waals surface area (Å²) in [5.74, 6) is -1.01. The summed E-state index contributed by atoms with van der Waals surface area (Å²) in [5.41, 5.74) is 1.79. The summed E-state index contributed by atoms with van der Waals surface area (Å²) < 4.78 is 14.0. The van der Waals surface area contributed by atoms with Gasteiger partial charge in [0.25, 0.3) is 11.8 Å². The van der Waals surface area contributed by atoms with Gasteiger partial charge in [-0.05, 0) is 36.4 Å². The summed E-state index contributed by atoms with van der Waals surface area (Å²) in [6.45, 7) is 0.342. The van der Waals surface area contributed by atoms with E-state index in [0.717, 1.165) is 4.90 Å². The van der Waals surface area contributed by atoms with Crippen molar-refractivity contribution in [2.45, 2.75) is 6.54 Å². The third kappa shape index (κ3) is 5.65. The lowest BCUT2D eigenvalue weighted by Gasteiger charge is -2.16. The number of para-hydroxylation sites is 2. The van der Waals surface area contributed by atoms with Crippen molar-refractivity contribution in [2.75, 3.05) is 24.2 Å². The van der Waals surface area contributed by atoms with Gasteiger partial charge in [0.15, 0.2) is 6.54 Å². The second-order valence-corrected chi connectivity index (χ2v) is 7.33. The molecule has 0 saturated heterocycles. The molecule has 1 unspecified atom stereocenters. The highest BCUT2D eigenvalue weighted by Crippen LogP contribution is 2.18. The van der Waals surface area contributed by atoms with Crippen LogP contribution in [0.1, 0.15) is 15.9 Å². The fourth-order valence-corrected chi connectivity index (χ4v) is 3.27. The van der Waals surface area contributed by atoms with Gasteiger partial charge in [0.05, 0.1) is 28.9 Å². The molecule has 7 heteroatoms. The summed E-state index contributed by atoms with van der Waals surface area (Å²) in [5, 5.41) is 5.91. The minimum atomic E-state index is -0.398. The minimum Gasteiger partial charge on any atom is -0.326 e. The van der Waals surface area contributed by atoms with Gasteiger partial charge in [-0.25, -0.2) is 4.39 Å². The molecule has 0 saturated carbocycles. The number of rotatable bonds is 7. The van der Waals surface area contributed by atoms with Crippen molar-refractivity contribution in [3.05, 3.63) is 94.8 Å². The average Bonchev–Trinajstić information content (AvgIpc) is 2.72. The monoisotopic (exact) mass is 426 g/mol. The van der Waals surface area contributed by atoms with Gasteiger partial charge in [0.2, 0.25) is 0 Å². The van der Waals surface area contributed by atoms with Crippen LogP contribution in [0.3, 0.4) is 0 Å². The van der Waals surface area contributed by atoms with E-state index in [4.69, 9.17) is 11.6 Å². The third-order valence-electron chi connectivity index (χ3n) is 4.48. The standard InChI is InChI=1S/C23H21ClFN3O2/c1-28(14-18-19(24)11-7-12-20(18)25)15-22(29)27-21-13-6-5-10-17(21)23(30)26-16-8-3-2-4-9-16/h2-13H,14-15H2,1H3,(H,26,30)(H,27,29)/p+1. The van der Waals surface area contributed by atoms with E-state index in [1.54, 1.807) is 55.6 Å². The molecular formula is C23H22ClFN3O2+. The van der Waals surface area contributed by atoms with Crippen molar-refractivity contribution in [3.63, 3.8) is 0 Å². The molecule has 0 heterocycles. The van der Waals surface area contributed by atoms with E-state index < -0.39 is 5.82 Å². The maximum atomic E-state index is 14.0. The number of hydrogen-bond donors (Lipinski definition) is 3. The molecule has 3 aromatic carbocycles. The van der Waals surface area contributed by atoms with Gasteiger partial charge in [-0.15, -0.1) is 0 Å². The summed E-state index contributed by atoms with van der Waals surface area (Å²) >= 11 is 6.06. The van der Waals surface area contributed by atoms with Crippen molar-refractivity contribution in [2.24, 2.45) is 0 Å². The van der Waals surface area contributed by atoms with E-state index in [1.165, 1.54) is 6.07 Å². The molecule has 0 bridgehead atoms. The second kappa shape index (κ2) is 10.0. The van der Waals surface area contributed by atoms with Crippen LogP contribution in [0.25, 0.3) is 0 Å². The second-order valence-electron chi connectivity index (χ2n) is 6.92. The maximum Gasteiger partial charge on any atom is 0.279 e. The number of anilines is 2. The molecule has 154 valence electrons. The van der Waals surface area contributed by atoms with Gasteiger partial charge in [-0.2, -0.15) is 0 Å². The number of carbonyl (C=O) groups excluding carboxylic acids is 2. The van der Waals surface area contributed by atoms with Gasteiger partial charge >= 0.3 is 0 Å². The van der Waals surface area contributed by atoms with Crippen LogP contribution in [0.2, 0.25) is 5.02 Å². The molecule has 3 rings (SSSR count). The molecule has 0 aliphatic rings. The van der Waals surface area contributed by atoms with Crippen LogP contribution in [-0.2, 0) is 11.3 Å². The normalized spacial score (nSPS) is 11.6. The van der Waals surface area contributed by atoms with Crippen LogP contribution >= 0.6 is 11.6 Å². The molecule has 0 aliphatic heterocycles. The van der Waals surface area contributed by atoms with Gasteiger partial charge in [-0.3, -0.25) is 9.59 Å². The van der Waals surface area contributed by atoms with Crippen molar-refractivity contribution in [1.82, 2.24) is 0 Å². The van der Waals surface area contributed by atoms with E-state index in [2.05, 4.69) is 10.6 Å². The van der Waals surface area contributed by atoms with Crippen LogP contribution in [0.15, 0.2) is 72.8 Å². The Morgan fingerprint density at radius 1 is 0.933 bits per heavy atom. The zero-order chi connectivity index (χ0) is 21.5. The lowest BCUT2D eigenvalue weighted by Crippen LogP contribution is -3.08. The number of quaternary nitrogens is 1. The molecule has 0 radical (unpaired) electrons. The zero-order valence-corrected chi connectivity index (χ0v) is 17.2. The van der Waals surface area contributed by atoms with E-state index >= 15 is 0 Å². The Labute approximate surface area is 179 Å². The first-order chi connectivity index (χ1) is 14.4. The summed E-state index contributed by atoms with van der Waals surface area (Å²) in [6.07, 6.45) is 0. The lowest BCUT2D eigenvalue weighted by atomic mass is 10.1. The first kappa shape index (κ1) is 21.5. The zero-order valence-electron chi connectivity index (χ0n) is 16.4. The lowest BCUT2D eigenvalue weighted by molar-refractivity contribution is -0.885. The molecule has 3 aromatic rings. The summed E-state index contributed by atoms with van der Waals surface area (Å²) in [6, 6.07) is 20.4. The quantitative estimate of drug-likeness (QED) is 0.542. The predicted molar refractivity (Wildman–Crippen MR) is 116 cm³/mol. The highest BCUT2D eigenvalue weighted by atomic mass is 35.5. The molecule has 2 amide bonds. The van der Waals surface area contributed by atoms with Crippen LogP contribution in [0.4, 0.5) is 15.8 Å². The fraction of sp³-hybridized carbons (Fsp3) is 0.130. The Kier molecular flexibility index (Phi) is 7.17. The molecular weight excluding hydrogens is 405 g/mol. The Morgan fingerprint density at radius 3 is 2.37 bits per heavy atom. The predicted octanol–water partition coefficient (Wildman–Crippen LogP) is 3.38. The van der Waals surface area contributed by atoms with Crippen LogP contribution in [0, 0.1) is 5.82 Å². The molecule has 0 aliphatic carbocycles. The Bertz CT molecular complexity index is 1020. The van der Waals surface area contributed by atoms with Crippen molar-refractivity contribution < 1.29 is 18.9 Å². The number of carbonyl (C=O) groups is 2. The van der Waals surface area contributed by atoms with Gasteiger partial charge in [0.1, 0.15) is 12.4 Å². The Morgan fingerprint density at radius 2 is 1.63 bits per heavy atom. The van der Waals surface area contributed by atoms with E-state index in [9.17, 15) is 14.0 Å². The number of benzene rings is 3. The first-order valence-corrected chi connectivity index (χ1v) is 9.81. The topological polar surface area (TPSA) is 62.6 Å². The molecule has 3 N–H and O–H groups in total. The van der Waals surface area contributed by atoms with Crippen molar-refractivity contribution in [1.29, 1.82) is 0 Å². The van der Waals surface area contributed by atoms with Crippen LogP contribution in [0.5, 0.6) is 0 Å². The molecule has 0 spiro atoms. The van der Waals surface area contributed by atoms with E-state index in [1.807, 2.05) is 18.2 Å². The number of halogens is 2. The SMILES string of the molecule is C[NH+](CC(=O)Nc1ccccc1C(=O)Nc1ccccc1)Cc1c(F)cccc1Cl. The number of likely N-dealkylation sites (N-methyl/N-ethyl adjacent to an activating group) is 1. The minimum absolute atomic E-state index is 0.0826. The summed E-state index contributed by atoms with van der Waals surface area (Å²) in [4.78, 5) is 25.9. The average molecular weight is 427 g/mol. The highest BCUT2D eigenvalue weighted by Gasteiger charge is 2.18. The number of hydrogen-bond acceptors (Lipinski definition) is 2. The maximum absolute atomic E-state index is 14.0. The smallest absolute Gasteiger partial charge is 0.279 e. The van der Waals surface area contributed by atoms with Gasteiger partial charge < -0.3 is 15.5 Å². The van der Waals surface area contributed by atoms with Crippen molar-refractivity contribution in [3.8, 4) is 0 Å². The van der Waals surface area contributed by atoms with Gasteiger partial charge in [-0.1, -0.05) is 48.0 Å². The first-order valence-electron chi connectivity index (χ1n) is 9.43. The number of nitrogens with one attached hydrogen (secondary N) is 3. The summed E-state index contributed by atoms with van der Waals surface area (Å²) in [7, 11) is 1.77. The molecule has 0 fully saturated rings. The highest BCUT2D eigenvalue weighted by molar-refractivity contribution is 6.31.